The van der Waals surface area contributed by atoms with Gasteiger partial charge >= 0.3 is 0 Å². The third-order valence-electron chi connectivity index (χ3n) is 4.79. The van der Waals surface area contributed by atoms with E-state index in [0.717, 1.165) is 30.2 Å². The Morgan fingerprint density at radius 2 is 2.00 bits per heavy atom. The second-order valence-corrected chi connectivity index (χ2v) is 6.05. The van der Waals surface area contributed by atoms with Crippen molar-refractivity contribution in [2.45, 2.75) is 32.7 Å². The van der Waals surface area contributed by atoms with Crippen LogP contribution in [-0.2, 0) is 11.3 Å². The highest BCUT2D eigenvalue weighted by Crippen LogP contribution is 2.54. The first-order valence-corrected chi connectivity index (χ1v) is 7.49. The van der Waals surface area contributed by atoms with Gasteiger partial charge in [0.05, 0.1) is 11.6 Å². The number of nitrogens with zero attached hydrogens (tertiary/aromatic N) is 2. The van der Waals surface area contributed by atoms with Crippen molar-refractivity contribution in [3.8, 4) is 6.07 Å². The van der Waals surface area contributed by atoms with Crippen molar-refractivity contribution in [2.24, 2.45) is 17.8 Å². The van der Waals surface area contributed by atoms with E-state index in [2.05, 4.69) is 6.07 Å². The van der Waals surface area contributed by atoms with E-state index >= 15 is 0 Å². The highest BCUT2D eigenvalue weighted by atomic mass is 16.2. The average Bonchev–Trinajstić information content (AvgIpc) is 3.10. The number of nitriles is 1. The highest BCUT2D eigenvalue weighted by molar-refractivity contribution is 5.79. The number of hydrogen-bond acceptors (Lipinski definition) is 2. The number of rotatable bonds is 4. The van der Waals surface area contributed by atoms with Crippen LogP contribution in [0.4, 0.5) is 0 Å². The summed E-state index contributed by atoms with van der Waals surface area (Å²) in [6, 6.07) is 9.77. The molecule has 2 unspecified atom stereocenters. The average molecular weight is 268 g/mol. The van der Waals surface area contributed by atoms with E-state index in [1.54, 1.807) is 0 Å². The molecule has 20 heavy (non-hydrogen) atoms. The molecule has 0 aromatic heterocycles. The van der Waals surface area contributed by atoms with Gasteiger partial charge in [-0.2, -0.15) is 5.26 Å². The van der Waals surface area contributed by atoms with Crippen molar-refractivity contribution < 1.29 is 4.79 Å². The van der Waals surface area contributed by atoms with E-state index in [1.807, 2.05) is 36.1 Å². The molecule has 1 aromatic carbocycles. The largest absolute Gasteiger partial charge is 0.338 e. The number of benzene rings is 1. The van der Waals surface area contributed by atoms with E-state index in [9.17, 15) is 4.79 Å². The topological polar surface area (TPSA) is 44.1 Å². The smallest absolute Gasteiger partial charge is 0.225 e. The quantitative estimate of drug-likeness (QED) is 0.842. The van der Waals surface area contributed by atoms with Crippen molar-refractivity contribution >= 4 is 5.91 Å². The monoisotopic (exact) mass is 268 g/mol. The molecule has 2 saturated carbocycles. The maximum Gasteiger partial charge on any atom is 0.225 e. The lowest BCUT2D eigenvalue weighted by Crippen LogP contribution is -2.35. The van der Waals surface area contributed by atoms with Gasteiger partial charge in [-0.1, -0.05) is 18.2 Å². The molecule has 0 radical (unpaired) electrons. The minimum absolute atomic E-state index is 0.230. The van der Waals surface area contributed by atoms with Crippen LogP contribution in [-0.4, -0.2) is 17.4 Å². The number of fused-ring (bicyclic) bond motifs is 1. The van der Waals surface area contributed by atoms with E-state index < -0.39 is 0 Å². The lowest BCUT2D eigenvalue weighted by molar-refractivity contribution is -0.136. The first-order chi connectivity index (χ1) is 9.72. The van der Waals surface area contributed by atoms with E-state index in [0.29, 0.717) is 18.7 Å². The molecule has 2 aliphatic rings. The molecule has 2 fully saturated rings. The Morgan fingerprint density at radius 3 is 2.65 bits per heavy atom. The predicted molar refractivity (Wildman–Crippen MR) is 76.6 cm³/mol. The molecule has 0 heterocycles. The molecule has 3 rings (SSSR count). The molecule has 2 aliphatic carbocycles. The fourth-order valence-electron chi connectivity index (χ4n) is 3.49. The van der Waals surface area contributed by atoms with E-state index in [4.69, 9.17) is 5.26 Å². The zero-order valence-corrected chi connectivity index (χ0v) is 11.9. The molecule has 1 amide bonds. The summed E-state index contributed by atoms with van der Waals surface area (Å²) in [5.74, 6) is 2.17. The van der Waals surface area contributed by atoms with Gasteiger partial charge in [-0.15, -0.1) is 0 Å². The van der Waals surface area contributed by atoms with Gasteiger partial charge in [-0.25, -0.2) is 0 Å². The Hall–Kier alpha value is -1.82. The number of carbonyl (C=O) groups excluding carboxylic acids is 1. The van der Waals surface area contributed by atoms with Gasteiger partial charge in [0.15, 0.2) is 0 Å². The molecule has 3 nitrogen and oxygen atoms in total. The summed E-state index contributed by atoms with van der Waals surface area (Å²) in [7, 11) is 0. The summed E-state index contributed by atoms with van der Waals surface area (Å²) in [6.07, 6.45) is 3.51. The molecule has 0 bridgehead atoms. The third-order valence-corrected chi connectivity index (χ3v) is 4.79. The third kappa shape index (κ3) is 2.43. The molecule has 0 N–H and O–H groups in total. The van der Waals surface area contributed by atoms with Crippen LogP contribution in [0, 0.1) is 29.1 Å². The van der Waals surface area contributed by atoms with Crippen LogP contribution in [0.3, 0.4) is 0 Å². The molecule has 0 aliphatic heterocycles. The maximum atomic E-state index is 12.6. The molecule has 0 saturated heterocycles. The van der Waals surface area contributed by atoms with Gasteiger partial charge < -0.3 is 4.90 Å². The second-order valence-electron chi connectivity index (χ2n) is 6.05. The van der Waals surface area contributed by atoms with Gasteiger partial charge in [-0.05, 0) is 49.7 Å². The first kappa shape index (κ1) is 13.2. The zero-order valence-electron chi connectivity index (χ0n) is 11.9. The maximum absolute atomic E-state index is 12.6. The molecular weight excluding hydrogens is 248 g/mol. The Kier molecular flexibility index (Phi) is 3.48. The molecular formula is C17H20N2O. The molecule has 0 spiro atoms. The Morgan fingerprint density at radius 1 is 1.30 bits per heavy atom. The summed E-state index contributed by atoms with van der Waals surface area (Å²) in [4.78, 5) is 14.5. The van der Waals surface area contributed by atoms with Crippen molar-refractivity contribution in [1.82, 2.24) is 4.90 Å². The van der Waals surface area contributed by atoms with Gasteiger partial charge in [0.2, 0.25) is 5.91 Å². The Balaban J connectivity index is 1.70. The lowest BCUT2D eigenvalue weighted by atomic mass is 10.0. The van der Waals surface area contributed by atoms with Crippen LogP contribution < -0.4 is 0 Å². The van der Waals surface area contributed by atoms with Gasteiger partial charge in [0, 0.05) is 19.0 Å². The number of amides is 1. The van der Waals surface area contributed by atoms with Gasteiger partial charge in [0.25, 0.3) is 0 Å². The predicted octanol–water partition coefficient (Wildman–Crippen LogP) is 2.95. The Bertz CT molecular complexity index is 550. The van der Waals surface area contributed by atoms with Crippen molar-refractivity contribution in [2.75, 3.05) is 6.54 Å². The fourth-order valence-corrected chi connectivity index (χ4v) is 3.49. The van der Waals surface area contributed by atoms with Crippen molar-refractivity contribution in [1.29, 1.82) is 5.26 Å². The van der Waals surface area contributed by atoms with Crippen LogP contribution in [0.15, 0.2) is 24.3 Å². The van der Waals surface area contributed by atoms with Gasteiger partial charge in [0.1, 0.15) is 0 Å². The summed E-state index contributed by atoms with van der Waals surface area (Å²) in [5, 5.41) is 9.14. The number of carbonyl (C=O) groups is 1. The SMILES string of the molecule is CCN(Cc1ccccc1C#N)C(=O)C1CC2CC2C1. The summed E-state index contributed by atoms with van der Waals surface area (Å²) in [6.45, 7) is 3.29. The van der Waals surface area contributed by atoms with Crippen LogP contribution >= 0.6 is 0 Å². The minimum Gasteiger partial charge on any atom is -0.338 e. The van der Waals surface area contributed by atoms with Crippen molar-refractivity contribution in [3.63, 3.8) is 0 Å². The van der Waals surface area contributed by atoms with Crippen LogP contribution in [0.25, 0.3) is 0 Å². The zero-order chi connectivity index (χ0) is 14.1. The summed E-state index contributed by atoms with van der Waals surface area (Å²) >= 11 is 0. The van der Waals surface area contributed by atoms with Crippen LogP contribution in [0.1, 0.15) is 37.3 Å². The second kappa shape index (κ2) is 5.28. The summed E-state index contributed by atoms with van der Waals surface area (Å²) < 4.78 is 0. The summed E-state index contributed by atoms with van der Waals surface area (Å²) in [5.41, 5.74) is 1.63. The van der Waals surface area contributed by atoms with Gasteiger partial charge in [-0.3, -0.25) is 4.79 Å². The Labute approximate surface area is 120 Å². The minimum atomic E-state index is 0.230. The van der Waals surface area contributed by atoms with E-state index in [1.165, 1.54) is 6.42 Å². The first-order valence-electron chi connectivity index (χ1n) is 7.49. The number of hydrogen-bond donors (Lipinski definition) is 0. The van der Waals surface area contributed by atoms with Crippen LogP contribution in [0.2, 0.25) is 0 Å². The van der Waals surface area contributed by atoms with Crippen molar-refractivity contribution in [3.05, 3.63) is 35.4 Å². The molecule has 2 atom stereocenters. The van der Waals surface area contributed by atoms with Crippen LogP contribution in [0.5, 0.6) is 0 Å². The highest BCUT2D eigenvalue weighted by Gasteiger charge is 2.48. The normalized spacial score (nSPS) is 26.7. The van der Waals surface area contributed by atoms with E-state index in [-0.39, 0.29) is 11.8 Å². The molecule has 104 valence electrons. The fraction of sp³-hybridized carbons (Fsp3) is 0.529. The molecule has 1 aromatic rings. The lowest BCUT2D eigenvalue weighted by Gasteiger charge is -2.25. The molecule has 3 heteroatoms. The standard InChI is InChI=1S/C17H20N2O/c1-2-19(11-13-6-4-3-5-12(13)10-18)17(20)16-8-14-7-15(14)9-16/h3-6,14-16H,2,7-9,11H2,1H3.